The summed E-state index contributed by atoms with van der Waals surface area (Å²) in [5.41, 5.74) is 3.05. The SMILES string of the molecule is Cc1ccc([C@H](NCC(=O)Nc2cccc(Cl)c2)c2cccs2)cc1. The van der Waals surface area contributed by atoms with Crippen LogP contribution in [0.2, 0.25) is 5.02 Å². The minimum absolute atomic E-state index is 0.00860. The van der Waals surface area contributed by atoms with Crippen LogP contribution < -0.4 is 10.6 Å². The lowest BCUT2D eigenvalue weighted by molar-refractivity contribution is -0.115. The van der Waals surface area contributed by atoms with E-state index in [0.29, 0.717) is 10.7 Å². The van der Waals surface area contributed by atoms with Crippen LogP contribution in [0.1, 0.15) is 22.0 Å². The second-order valence-electron chi connectivity index (χ2n) is 5.80. The summed E-state index contributed by atoms with van der Waals surface area (Å²) in [7, 11) is 0. The zero-order valence-electron chi connectivity index (χ0n) is 13.8. The van der Waals surface area contributed by atoms with Crippen molar-refractivity contribution >= 4 is 34.5 Å². The molecule has 0 saturated heterocycles. The maximum absolute atomic E-state index is 12.3. The maximum atomic E-state index is 12.3. The number of thiophene rings is 1. The summed E-state index contributed by atoms with van der Waals surface area (Å²) in [4.78, 5) is 13.4. The van der Waals surface area contributed by atoms with E-state index in [1.165, 1.54) is 10.4 Å². The number of anilines is 1. The number of carbonyl (C=O) groups is 1. The van der Waals surface area contributed by atoms with E-state index in [4.69, 9.17) is 11.6 Å². The van der Waals surface area contributed by atoms with Gasteiger partial charge in [-0.2, -0.15) is 0 Å². The summed E-state index contributed by atoms with van der Waals surface area (Å²) in [6.45, 7) is 2.28. The first-order chi connectivity index (χ1) is 12.1. The minimum atomic E-state index is -0.101. The fraction of sp³-hybridized carbons (Fsp3) is 0.150. The van der Waals surface area contributed by atoms with Gasteiger partial charge in [0.2, 0.25) is 5.91 Å². The van der Waals surface area contributed by atoms with Gasteiger partial charge in [0.15, 0.2) is 0 Å². The summed E-state index contributed by atoms with van der Waals surface area (Å²) >= 11 is 7.63. The number of carbonyl (C=O) groups excluding carboxylic acids is 1. The second-order valence-corrected chi connectivity index (χ2v) is 7.21. The molecule has 2 N–H and O–H groups in total. The molecule has 0 saturated carbocycles. The first-order valence-corrected chi connectivity index (χ1v) is 9.26. The molecule has 3 nitrogen and oxygen atoms in total. The summed E-state index contributed by atoms with van der Waals surface area (Å²) in [6, 6.07) is 19.6. The van der Waals surface area contributed by atoms with E-state index in [1.54, 1.807) is 23.5 Å². The molecule has 5 heteroatoms. The lowest BCUT2D eigenvalue weighted by Gasteiger charge is -2.18. The molecule has 1 aromatic heterocycles. The zero-order valence-corrected chi connectivity index (χ0v) is 15.4. The van der Waals surface area contributed by atoms with E-state index in [2.05, 4.69) is 47.9 Å². The largest absolute Gasteiger partial charge is 0.325 e. The van der Waals surface area contributed by atoms with Crippen molar-refractivity contribution in [3.8, 4) is 0 Å². The average molecular weight is 371 g/mol. The molecule has 0 aliphatic heterocycles. The monoisotopic (exact) mass is 370 g/mol. The third-order valence-corrected chi connectivity index (χ3v) is 4.99. The summed E-state index contributed by atoms with van der Waals surface area (Å²) < 4.78 is 0. The number of hydrogen-bond acceptors (Lipinski definition) is 3. The summed E-state index contributed by atoms with van der Waals surface area (Å²) in [5.74, 6) is -0.101. The van der Waals surface area contributed by atoms with Crippen LogP contribution in [-0.2, 0) is 4.79 Å². The molecule has 0 bridgehead atoms. The fourth-order valence-corrected chi connectivity index (χ4v) is 3.58. The molecule has 0 spiro atoms. The highest BCUT2D eigenvalue weighted by atomic mass is 35.5. The lowest BCUT2D eigenvalue weighted by Crippen LogP contribution is -2.31. The highest BCUT2D eigenvalue weighted by molar-refractivity contribution is 7.10. The number of rotatable bonds is 6. The summed E-state index contributed by atoms with van der Waals surface area (Å²) in [5, 5.41) is 8.86. The number of benzene rings is 2. The van der Waals surface area contributed by atoms with Crippen molar-refractivity contribution in [1.29, 1.82) is 0 Å². The highest BCUT2D eigenvalue weighted by Crippen LogP contribution is 2.26. The molecule has 0 fully saturated rings. The van der Waals surface area contributed by atoms with E-state index in [-0.39, 0.29) is 18.5 Å². The maximum Gasteiger partial charge on any atom is 0.238 e. The Hall–Kier alpha value is -2.14. The van der Waals surface area contributed by atoms with Crippen LogP contribution in [0.25, 0.3) is 0 Å². The van der Waals surface area contributed by atoms with E-state index in [1.807, 2.05) is 23.6 Å². The third-order valence-electron chi connectivity index (χ3n) is 3.81. The topological polar surface area (TPSA) is 41.1 Å². The first-order valence-electron chi connectivity index (χ1n) is 8.00. The van der Waals surface area contributed by atoms with Gasteiger partial charge in [-0.05, 0) is 42.1 Å². The molecule has 3 rings (SSSR count). The quantitative estimate of drug-likeness (QED) is 0.639. The van der Waals surface area contributed by atoms with E-state index in [0.717, 1.165) is 5.56 Å². The van der Waals surface area contributed by atoms with Gasteiger partial charge in [-0.3, -0.25) is 10.1 Å². The molecule has 2 aromatic carbocycles. The Morgan fingerprint density at radius 3 is 2.60 bits per heavy atom. The van der Waals surface area contributed by atoms with Crippen LogP contribution in [0.5, 0.6) is 0 Å². The Bertz CT molecular complexity index is 831. The van der Waals surface area contributed by atoms with Gasteiger partial charge in [0.05, 0.1) is 12.6 Å². The van der Waals surface area contributed by atoms with Crippen molar-refractivity contribution in [2.45, 2.75) is 13.0 Å². The van der Waals surface area contributed by atoms with E-state index < -0.39 is 0 Å². The number of halogens is 1. The molecule has 0 unspecified atom stereocenters. The van der Waals surface area contributed by atoms with Gasteiger partial charge in [-0.15, -0.1) is 11.3 Å². The Balaban J connectivity index is 1.68. The number of hydrogen-bond donors (Lipinski definition) is 2. The molecule has 3 aromatic rings. The smallest absolute Gasteiger partial charge is 0.238 e. The van der Waals surface area contributed by atoms with Gasteiger partial charge in [0.1, 0.15) is 0 Å². The van der Waals surface area contributed by atoms with Gasteiger partial charge in [0.25, 0.3) is 0 Å². The van der Waals surface area contributed by atoms with Crippen LogP contribution in [0.3, 0.4) is 0 Å². The fourth-order valence-electron chi connectivity index (χ4n) is 2.56. The molecule has 0 aliphatic carbocycles. The third kappa shape index (κ3) is 4.92. The Kier molecular flexibility index (Phi) is 5.87. The van der Waals surface area contributed by atoms with Gasteiger partial charge >= 0.3 is 0 Å². The normalized spacial score (nSPS) is 11.9. The molecule has 0 aliphatic rings. The predicted octanol–water partition coefficient (Wildman–Crippen LogP) is 5.03. The number of amides is 1. The van der Waals surface area contributed by atoms with E-state index in [9.17, 15) is 4.79 Å². The van der Waals surface area contributed by atoms with Crippen molar-refractivity contribution in [2.75, 3.05) is 11.9 Å². The van der Waals surface area contributed by atoms with Crippen LogP contribution in [0, 0.1) is 6.92 Å². The Labute approximate surface area is 156 Å². The van der Waals surface area contributed by atoms with Crippen molar-refractivity contribution in [1.82, 2.24) is 5.32 Å². The summed E-state index contributed by atoms with van der Waals surface area (Å²) in [6.07, 6.45) is 0. The lowest BCUT2D eigenvalue weighted by atomic mass is 10.0. The number of aryl methyl sites for hydroxylation is 1. The van der Waals surface area contributed by atoms with Crippen LogP contribution in [0.4, 0.5) is 5.69 Å². The van der Waals surface area contributed by atoms with Crippen molar-refractivity contribution in [3.05, 3.63) is 87.1 Å². The predicted molar refractivity (Wildman–Crippen MR) is 105 cm³/mol. The van der Waals surface area contributed by atoms with Gasteiger partial charge in [0, 0.05) is 15.6 Å². The van der Waals surface area contributed by atoms with Crippen LogP contribution in [-0.4, -0.2) is 12.5 Å². The highest BCUT2D eigenvalue weighted by Gasteiger charge is 2.16. The molecule has 1 amide bonds. The minimum Gasteiger partial charge on any atom is -0.325 e. The zero-order chi connectivity index (χ0) is 17.6. The van der Waals surface area contributed by atoms with Crippen molar-refractivity contribution in [2.24, 2.45) is 0 Å². The molecular formula is C20H19ClN2OS. The van der Waals surface area contributed by atoms with Crippen molar-refractivity contribution < 1.29 is 4.79 Å². The standard InChI is InChI=1S/C20H19ClN2OS/c1-14-7-9-15(10-8-14)20(18-6-3-11-25-18)22-13-19(24)23-17-5-2-4-16(21)12-17/h2-12,20,22H,13H2,1H3,(H,23,24)/t20-/m0/s1. The number of nitrogens with one attached hydrogen (secondary N) is 2. The molecular weight excluding hydrogens is 352 g/mol. The van der Waals surface area contributed by atoms with Gasteiger partial charge in [-0.1, -0.05) is 53.6 Å². The Morgan fingerprint density at radius 1 is 1.12 bits per heavy atom. The first kappa shape index (κ1) is 17.7. The molecule has 128 valence electrons. The van der Waals surface area contributed by atoms with Gasteiger partial charge < -0.3 is 5.32 Å². The molecule has 0 radical (unpaired) electrons. The van der Waals surface area contributed by atoms with Gasteiger partial charge in [-0.25, -0.2) is 0 Å². The average Bonchev–Trinajstić information content (AvgIpc) is 3.11. The molecule has 1 heterocycles. The van der Waals surface area contributed by atoms with Crippen LogP contribution >= 0.6 is 22.9 Å². The molecule has 25 heavy (non-hydrogen) atoms. The Morgan fingerprint density at radius 2 is 1.92 bits per heavy atom. The van der Waals surface area contributed by atoms with E-state index >= 15 is 0 Å². The molecule has 1 atom stereocenters. The van der Waals surface area contributed by atoms with Crippen molar-refractivity contribution in [3.63, 3.8) is 0 Å². The van der Waals surface area contributed by atoms with Crippen LogP contribution in [0.15, 0.2) is 66.0 Å². The second kappa shape index (κ2) is 8.30.